The van der Waals surface area contributed by atoms with Gasteiger partial charge in [0.1, 0.15) is 5.75 Å². The van der Waals surface area contributed by atoms with Crippen LogP contribution in [0.5, 0.6) is 5.75 Å². The minimum Gasteiger partial charge on any atom is -0.497 e. The van der Waals surface area contributed by atoms with Gasteiger partial charge in [-0.25, -0.2) is 0 Å². The molecular weight excluding hydrogens is 340 g/mol. The maximum absolute atomic E-state index is 12.5. The summed E-state index contributed by atoms with van der Waals surface area (Å²) in [6.07, 6.45) is 1.82. The summed E-state index contributed by atoms with van der Waals surface area (Å²) in [5.74, 6) is 0.969. The highest BCUT2D eigenvalue weighted by Crippen LogP contribution is 2.19. The number of piperidine rings is 1. The van der Waals surface area contributed by atoms with Gasteiger partial charge in [-0.1, -0.05) is 42.5 Å². The zero-order chi connectivity index (χ0) is 19.1. The molecule has 0 aromatic heterocycles. The second-order valence-electron chi connectivity index (χ2n) is 6.88. The Labute approximate surface area is 160 Å². The number of methoxy groups -OCH3 is 1. The van der Waals surface area contributed by atoms with Crippen LogP contribution in [0.3, 0.4) is 0 Å². The maximum Gasteiger partial charge on any atom is 0.226 e. The molecule has 1 saturated heterocycles. The van der Waals surface area contributed by atoms with E-state index in [1.807, 2.05) is 59.5 Å². The summed E-state index contributed by atoms with van der Waals surface area (Å²) in [4.78, 5) is 26.7. The van der Waals surface area contributed by atoms with Crippen molar-refractivity contribution in [2.45, 2.75) is 25.8 Å². The van der Waals surface area contributed by atoms with Crippen LogP contribution in [0, 0.1) is 5.92 Å². The molecule has 5 heteroatoms. The lowest BCUT2D eigenvalue weighted by Crippen LogP contribution is -2.43. The molecule has 1 heterocycles. The molecule has 2 amide bonds. The zero-order valence-corrected chi connectivity index (χ0v) is 15.7. The number of benzene rings is 2. The Kier molecular flexibility index (Phi) is 6.47. The third kappa shape index (κ3) is 5.33. The fourth-order valence-electron chi connectivity index (χ4n) is 3.35. The zero-order valence-electron chi connectivity index (χ0n) is 15.7. The van der Waals surface area contributed by atoms with Crippen molar-refractivity contribution in [2.75, 3.05) is 20.2 Å². The molecule has 0 saturated carbocycles. The number of likely N-dealkylation sites (tertiary alicyclic amines) is 1. The number of nitrogens with zero attached hydrogens (tertiary/aromatic N) is 1. The average Bonchev–Trinajstić information content (AvgIpc) is 2.73. The smallest absolute Gasteiger partial charge is 0.226 e. The van der Waals surface area contributed by atoms with E-state index in [1.165, 1.54) is 0 Å². The Bertz CT molecular complexity index is 751. The first-order valence-electron chi connectivity index (χ1n) is 9.38. The van der Waals surface area contributed by atoms with Crippen LogP contribution in [-0.4, -0.2) is 36.9 Å². The number of nitrogens with one attached hydrogen (secondary N) is 1. The van der Waals surface area contributed by atoms with Gasteiger partial charge in [0.2, 0.25) is 11.8 Å². The van der Waals surface area contributed by atoms with Crippen molar-refractivity contribution in [3.63, 3.8) is 0 Å². The average molecular weight is 366 g/mol. The van der Waals surface area contributed by atoms with Crippen LogP contribution < -0.4 is 10.1 Å². The third-order valence-corrected chi connectivity index (χ3v) is 5.04. The molecule has 2 aromatic carbocycles. The second kappa shape index (κ2) is 9.21. The number of hydrogen-bond donors (Lipinski definition) is 1. The highest BCUT2D eigenvalue weighted by Gasteiger charge is 2.27. The minimum absolute atomic E-state index is 0.0150. The minimum atomic E-state index is -0.0150. The van der Waals surface area contributed by atoms with Crippen LogP contribution >= 0.6 is 0 Å². The SMILES string of the molecule is COc1ccc(CC(=O)N2CCC(C(=O)NCc3ccccc3)CC2)cc1. The van der Waals surface area contributed by atoms with E-state index in [1.54, 1.807) is 7.11 Å². The van der Waals surface area contributed by atoms with Gasteiger partial charge in [-0.15, -0.1) is 0 Å². The van der Waals surface area contributed by atoms with Crippen molar-refractivity contribution >= 4 is 11.8 Å². The fourth-order valence-corrected chi connectivity index (χ4v) is 3.35. The van der Waals surface area contributed by atoms with E-state index < -0.39 is 0 Å². The first kappa shape index (κ1) is 19.0. The van der Waals surface area contributed by atoms with E-state index in [0.29, 0.717) is 26.1 Å². The van der Waals surface area contributed by atoms with E-state index in [-0.39, 0.29) is 17.7 Å². The molecule has 0 atom stereocenters. The van der Waals surface area contributed by atoms with E-state index >= 15 is 0 Å². The lowest BCUT2D eigenvalue weighted by atomic mass is 9.95. The van der Waals surface area contributed by atoms with Gasteiger partial charge in [0.05, 0.1) is 13.5 Å². The van der Waals surface area contributed by atoms with Crippen LogP contribution in [-0.2, 0) is 22.6 Å². The number of amides is 2. The lowest BCUT2D eigenvalue weighted by Gasteiger charge is -2.31. The van der Waals surface area contributed by atoms with Crippen molar-refractivity contribution in [2.24, 2.45) is 5.92 Å². The van der Waals surface area contributed by atoms with Crippen LogP contribution in [0.2, 0.25) is 0 Å². The quantitative estimate of drug-likeness (QED) is 0.855. The van der Waals surface area contributed by atoms with E-state index in [9.17, 15) is 9.59 Å². The molecule has 1 aliphatic heterocycles. The number of rotatable bonds is 6. The van der Waals surface area contributed by atoms with Crippen LogP contribution in [0.1, 0.15) is 24.0 Å². The molecule has 0 radical (unpaired) electrons. The summed E-state index contributed by atoms with van der Waals surface area (Å²) in [6.45, 7) is 1.83. The molecule has 1 aliphatic rings. The Hall–Kier alpha value is -2.82. The summed E-state index contributed by atoms with van der Waals surface area (Å²) >= 11 is 0. The first-order valence-corrected chi connectivity index (χ1v) is 9.38. The van der Waals surface area contributed by atoms with Gasteiger partial charge in [0, 0.05) is 25.6 Å². The second-order valence-corrected chi connectivity index (χ2v) is 6.88. The summed E-state index contributed by atoms with van der Waals surface area (Å²) in [6, 6.07) is 17.5. The molecule has 3 rings (SSSR count). The number of carbonyl (C=O) groups is 2. The van der Waals surface area contributed by atoms with E-state index in [2.05, 4.69) is 5.32 Å². The molecular formula is C22H26N2O3. The Balaban J connectivity index is 1.43. The summed E-state index contributed by atoms with van der Waals surface area (Å²) in [7, 11) is 1.63. The number of carbonyl (C=O) groups excluding carboxylic acids is 2. The highest BCUT2D eigenvalue weighted by molar-refractivity contribution is 5.81. The van der Waals surface area contributed by atoms with Crippen LogP contribution in [0.15, 0.2) is 54.6 Å². The molecule has 1 N–H and O–H groups in total. The molecule has 27 heavy (non-hydrogen) atoms. The molecule has 0 bridgehead atoms. The number of ether oxygens (including phenoxy) is 1. The summed E-state index contributed by atoms with van der Waals surface area (Å²) in [5, 5.41) is 3.01. The summed E-state index contributed by atoms with van der Waals surface area (Å²) < 4.78 is 5.14. The van der Waals surface area contributed by atoms with Crippen molar-refractivity contribution in [1.82, 2.24) is 10.2 Å². The maximum atomic E-state index is 12.5. The van der Waals surface area contributed by atoms with E-state index in [0.717, 1.165) is 29.7 Å². The topological polar surface area (TPSA) is 58.6 Å². The largest absolute Gasteiger partial charge is 0.497 e. The third-order valence-electron chi connectivity index (χ3n) is 5.04. The van der Waals surface area contributed by atoms with Crippen LogP contribution in [0.4, 0.5) is 0 Å². The molecule has 2 aromatic rings. The lowest BCUT2D eigenvalue weighted by molar-refractivity contribution is -0.135. The van der Waals surface area contributed by atoms with Gasteiger partial charge in [0.15, 0.2) is 0 Å². The highest BCUT2D eigenvalue weighted by atomic mass is 16.5. The summed E-state index contributed by atoms with van der Waals surface area (Å²) in [5.41, 5.74) is 2.07. The number of hydrogen-bond acceptors (Lipinski definition) is 3. The van der Waals surface area contributed by atoms with Gasteiger partial charge in [-0.05, 0) is 36.1 Å². The molecule has 0 spiro atoms. The monoisotopic (exact) mass is 366 g/mol. The normalized spacial score (nSPS) is 14.6. The molecule has 0 aliphatic carbocycles. The Morgan fingerprint density at radius 3 is 2.30 bits per heavy atom. The van der Waals surface area contributed by atoms with E-state index in [4.69, 9.17) is 4.74 Å². The first-order chi connectivity index (χ1) is 13.2. The molecule has 1 fully saturated rings. The Morgan fingerprint density at radius 2 is 1.67 bits per heavy atom. The molecule has 5 nitrogen and oxygen atoms in total. The van der Waals surface area contributed by atoms with Gasteiger partial charge in [-0.3, -0.25) is 9.59 Å². The Morgan fingerprint density at radius 1 is 1.00 bits per heavy atom. The van der Waals surface area contributed by atoms with Gasteiger partial charge < -0.3 is 15.0 Å². The predicted octanol–water partition coefficient (Wildman–Crippen LogP) is 2.79. The standard InChI is InChI=1S/C22H26N2O3/c1-27-20-9-7-17(8-10-20)15-21(25)24-13-11-19(12-14-24)22(26)23-16-18-5-3-2-4-6-18/h2-10,19H,11-16H2,1H3,(H,23,26). The predicted molar refractivity (Wildman–Crippen MR) is 104 cm³/mol. The van der Waals surface area contributed by atoms with Crippen molar-refractivity contribution < 1.29 is 14.3 Å². The van der Waals surface area contributed by atoms with Crippen molar-refractivity contribution in [1.29, 1.82) is 0 Å². The van der Waals surface area contributed by atoms with Gasteiger partial charge >= 0.3 is 0 Å². The molecule has 142 valence electrons. The van der Waals surface area contributed by atoms with Crippen LogP contribution in [0.25, 0.3) is 0 Å². The molecule has 0 unspecified atom stereocenters. The fraction of sp³-hybridized carbons (Fsp3) is 0.364. The van der Waals surface area contributed by atoms with Gasteiger partial charge in [0.25, 0.3) is 0 Å². The van der Waals surface area contributed by atoms with Gasteiger partial charge in [-0.2, -0.15) is 0 Å². The van der Waals surface area contributed by atoms with Crippen molar-refractivity contribution in [3.05, 3.63) is 65.7 Å². The van der Waals surface area contributed by atoms with Crippen molar-refractivity contribution in [3.8, 4) is 5.75 Å².